The van der Waals surface area contributed by atoms with Gasteiger partial charge in [-0.3, -0.25) is 4.79 Å². The smallest absolute Gasteiger partial charge is 0.252 e. The van der Waals surface area contributed by atoms with E-state index in [1.54, 1.807) is 0 Å². The molecule has 0 spiro atoms. The van der Waals surface area contributed by atoms with Crippen LogP contribution < -0.4 is 5.32 Å². The summed E-state index contributed by atoms with van der Waals surface area (Å²) in [6.07, 6.45) is 6.74. The number of rotatable bonds is 4. The lowest BCUT2D eigenvalue weighted by atomic mass is 9.91. The van der Waals surface area contributed by atoms with Gasteiger partial charge in [0, 0.05) is 34.7 Å². The minimum Gasteiger partial charge on any atom is -0.351 e. The Kier molecular flexibility index (Phi) is 4.73. The maximum atomic E-state index is 13.1. The largest absolute Gasteiger partial charge is 0.351 e. The highest BCUT2D eigenvalue weighted by Gasteiger charge is 2.28. The molecule has 1 fully saturated rings. The van der Waals surface area contributed by atoms with E-state index in [9.17, 15) is 4.79 Å². The average molecular weight is 367 g/mol. The molecule has 1 aliphatic carbocycles. The number of halogens is 1. The Labute approximate surface area is 159 Å². The van der Waals surface area contributed by atoms with Crippen LogP contribution >= 0.6 is 11.6 Å². The summed E-state index contributed by atoms with van der Waals surface area (Å²) in [5.74, 6) is 0.450. The average Bonchev–Trinajstić information content (AvgIpc) is 3.30. The van der Waals surface area contributed by atoms with Gasteiger partial charge in [0.1, 0.15) is 0 Å². The second-order valence-corrected chi connectivity index (χ2v) is 7.65. The van der Waals surface area contributed by atoms with Crippen molar-refractivity contribution in [1.29, 1.82) is 0 Å². The van der Waals surface area contributed by atoms with Gasteiger partial charge in [-0.2, -0.15) is 0 Å². The summed E-state index contributed by atoms with van der Waals surface area (Å²) in [5, 5.41) is 5.02. The first kappa shape index (κ1) is 17.2. The summed E-state index contributed by atoms with van der Waals surface area (Å²) >= 11 is 6.21. The van der Waals surface area contributed by atoms with E-state index in [2.05, 4.69) is 11.4 Å². The van der Waals surface area contributed by atoms with Gasteiger partial charge in [-0.05, 0) is 54.7 Å². The molecule has 1 N–H and O–H groups in total. The number of nitrogens with zero attached hydrogens (tertiary/aromatic N) is 1. The molecule has 2 aromatic carbocycles. The van der Waals surface area contributed by atoms with Crippen molar-refractivity contribution in [2.45, 2.75) is 31.7 Å². The molecule has 1 aromatic heterocycles. The Hall–Kier alpha value is -2.26. The first-order chi connectivity index (χ1) is 12.6. The lowest BCUT2D eigenvalue weighted by Crippen LogP contribution is -2.32. The second-order valence-electron chi connectivity index (χ2n) is 7.22. The number of hydrogen-bond acceptors (Lipinski definition) is 1. The molecule has 0 radical (unpaired) electrons. The van der Waals surface area contributed by atoms with E-state index in [1.165, 1.54) is 12.8 Å². The molecule has 3 nitrogen and oxygen atoms in total. The number of carbonyl (C=O) groups excluding carboxylic acids is 1. The van der Waals surface area contributed by atoms with Crippen molar-refractivity contribution in [1.82, 2.24) is 9.88 Å². The first-order valence-electron chi connectivity index (χ1n) is 9.24. The summed E-state index contributed by atoms with van der Waals surface area (Å²) in [4.78, 5) is 13.1. The molecule has 0 aliphatic heterocycles. The third-order valence-electron chi connectivity index (χ3n) is 5.54. The summed E-state index contributed by atoms with van der Waals surface area (Å²) in [7, 11) is 2.00. The van der Waals surface area contributed by atoms with Gasteiger partial charge in [-0.25, -0.2) is 0 Å². The van der Waals surface area contributed by atoms with E-state index in [1.807, 2.05) is 60.3 Å². The lowest BCUT2D eigenvalue weighted by Gasteiger charge is -2.25. The number of benzene rings is 2. The molecule has 1 aliphatic rings. The van der Waals surface area contributed by atoms with Crippen molar-refractivity contribution < 1.29 is 4.79 Å². The molecule has 1 heterocycles. The van der Waals surface area contributed by atoms with Crippen LogP contribution in [0.3, 0.4) is 0 Å². The van der Waals surface area contributed by atoms with Crippen molar-refractivity contribution in [3.63, 3.8) is 0 Å². The summed E-state index contributed by atoms with van der Waals surface area (Å²) < 4.78 is 2.04. The molecule has 0 bridgehead atoms. The number of nitrogens with one attached hydrogen (secondary N) is 1. The molecule has 0 saturated heterocycles. The predicted octanol–water partition coefficient (Wildman–Crippen LogP) is 5.49. The molecule has 1 saturated carbocycles. The Balaban J connectivity index is 1.67. The zero-order chi connectivity index (χ0) is 18.1. The number of fused-ring (bicyclic) bond motifs is 1. The standard InChI is InChI=1S/C22H23ClN2O/c1-25-13-12-18-19(10-5-11-20(18)25)22(26)24-21(15-6-2-3-7-15)16-8-4-9-17(23)14-16/h4-5,8-15,21H,2-3,6-7H2,1H3,(H,24,26). The van der Waals surface area contributed by atoms with E-state index in [4.69, 9.17) is 11.6 Å². The number of aryl methyl sites for hydroxylation is 1. The van der Waals surface area contributed by atoms with E-state index < -0.39 is 0 Å². The highest BCUT2D eigenvalue weighted by atomic mass is 35.5. The van der Waals surface area contributed by atoms with E-state index in [-0.39, 0.29) is 11.9 Å². The van der Waals surface area contributed by atoms with Gasteiger partial charge in [0.15, 0.2) is 0 Å². The van der Waals surface area contributed by atoms with Crippen LogP contribution in [-0.4, -0.2) is 10.5 Å². The number of amides is 1. The predicted molar refractivity (Wildman–Crippen MR) is 107 cm³/mol. The van der Waals surface area contributed by atoms with Gasteiger partial charge < -0.3 is 9.88 Å². The van der Waals surface area contributed by atoms with Gasteiger partial charge in [0.05, 0.1) is 6.04 Å². The molecule has 1 unspecified atom stereocenters. The fourth-order valence-electron chi connectivity index (χ4n) is 4.18. The van der Waals surface area contributed by atoms with Gasteiger partial charge in [-0.15, -0.1) is 0 Å². The molecule has 26 heavy (non-hydrogen) atoms. The molecular weight excluding hydrogens is 344 g/mol. The van der Waals surface area contributed by atoms with Gasteiger partial charge >= 0.3 is 0 Å². The molecule has 3 aromatic rings. The SMILES string of the molecule is Cn1ccc2c(C(=O)NC(c3cccc(Cl)c3)C3CCCC3)cccc21. The molecule has 4 rings (SSSR count). The Morgan fingerprint density at radius 1 is 1.15 bits per heavy atom. The summed E-state index contributed by atoms with van der Waals surface area (Å²) in [6.45, 7) is 0. The quantitative estimate of drug-likeness (QED) is 0.650. The van der Waals surface area contributed by atoms with Crippen molar-refractivity contribution in [2.75, 3.05) is 0 Å². The van der Waals surface area contributed by atoms with Crippen LogP contribution in [0.15, 0.2) is 54.7 Å². The van der Waals surface area contributed by atoms with E-state index in [0.717, 1.165) is 34.9 Å². The molecular formula is C22H23ClN2O. The summed E-state index contributed by atoms with van der Waals surface area (Å²) in [5.41, 5.74) is 2.89. The van der Waals surface area contributed by atoms with E-state index >= 15 is 0 Å². The van der Waals surface area contributed by atoms with Gasteiger partial charge in [0.2, 0.25) is 0 Å². The molecule has 1 atom stereocenters. The third-order valence-corrected chi connectivity index (χ3v) is 5.77. The van der Waals surface area contributed by atoms with Gasteiger partial charge in [-0.1, -0.05) is 42.6 Å². The third kappa shape index (κ3) is 3.24. The minimum absolute atomic E-state index is 0.00247. The Bertz CT molecular complexity index is 940. The monoisotopic (exact) mass is 366 g/mol. The van der Waals surface area contributed by atoms with E-state index in [0.29, 0.717) is 10.9 Å². The van der Waals surface area contributed by atoms with Crippen LogP contribution in [0.5, 0.6) is 0 Å². The highest BCUT2D eigenvalue weighted by molar-refractivity contribution is 6.30. The van der Waals surface area contributed by atoms with Crippen molar-refractivity contribution in [3.8, 4) is 0 Å². The van der Waals surface area contributed by atoms with Crippen molar-refractivity contribution in [2.24, 2.45) is 13.0 Å². The number of carbonyl (C=O) groups is 1. The Morgan fingerprint density at radius 2 is 1.92 bits per heavy atom. The Morgan fingerprint density at radius 3 is 2.69 bits per heavy atom. The zero-order valence-electron chi connectivity index (χ0n) is 14.9. The normalized spacial score (nSPS) is 16.1. The van der Waals surface area contributed by atoms with Crippen LogP contribution in [0, 0.1) is 5.92 Å². The van der Waals surface area contributed by atoms with Crippen LogP contribution in [0.4, 0.5) is 0 Å². The number of aromatic nitrogens is 1. The highest BCUT2D eigenvalue weighted by Crippen LogP contribution is 2.36. The van der Waals surface area contributed by atoms with Crippen LogP contribution in [0.2, 0.25) is 5.02 Å². The molecule has 1 amide bonds. The second kappa shape index (κ2) is 7.16. The van der Waals surface area contributed by atoms with Crippen LogP contribution in [0.25, 0.3) is 10.9 Å². The van der Waals surface area contributed by atoms with Crippen LogP contribution in [-0.2, 0) is 7.05 Å². The van der Waals surface area contributed by atoms with Crippen molar-refractivity contribution >= 4 is 28.4 Å². The lowest BCUT2D eigenvalue weighted by molar-refractivity contribution is 0.0923. The molecule has 4 heteroatoms. The van der Waals surface area contributed by atoms with Crippen LogP contribution in [0.1, 0.15) is 47.6 Å². The first-order valence-corrected chi connectivity index (χ1v) is 9.61. The van der Waals surface area contributed by atoms with Crippen molar-refractivity contribution in [3.05, 3.63) is 70.9 Å². The summed E-state index contributed by atoms with van der Waals surface area (Å²) in [6, 6.07) is 15.8. The topological polar surface area (TPSA) is 34.0 Å². The zero-order valence-corrected chi connectivity index (χ0v) is 15.7. The fourth-order valence-corrected chi connectivity index (χ4v) is 4.38. The maximum Gasteiger partial charge on any atom is 0.252 e. The fraction of sp³-hybridized carbons (Fsp3) is 0.318. The minimum atomic E-state index is -0.0151. The maximum absolute atomic E-state index is 13.1. The number of hydrogen-bond donors (Lipinski definition) is 1. The van der Waals surface area contributed by atoms with Gasteiger partial charge in [0.25, 0.3) is 5.91 Å². The molecule has 134 valence electrons.